The zero-order chi connectivity index (χ0) is 14.6. The summed E-state index contributed by atoms with van der Waals surface area (Å²) in [6.45, 7) is -1.10. The van der Waals surface area contributed by atoms with Gasteiger partial charge in [0.1, 0.15) is 12.7 Å². The molecular formula is C10H10F3NO5. The Labute approximate surface area is 105 Å². The Morgan fingerprint density at radius 2 is 2.05 bits per heavy atom. The van der Waals surface area contributed by atoms with E-state index in [0.29, 0.717) is 12.1 Å². The van der Waals surface area contributed by atoms with E-state index in [9.17, 15) is 23.3 Å². The van der Waals surface area contributed by atoms with Crippen LogP contribution in [0.3, 0.4) is 0 Å². The minimum absolute atomic E-state index is 0.348. The molecule has 0 saturated heterocycles. The Balaban J connectivity index is 3.02. The molecule has 2 N–H and O–H groups in total. The Hall–Kier alpha value is -1.87. The molecule has 0 aliphatic rings. The molecule has 19 heavy (non-hydrogen) atoms. The second-order valence-corrected chi connectivity index (χ2v) is 3.58. The fourth-order valence-electron chi connectivity index (χ4n) is 1.20. The number of nitro groups is 1. The van der Waals surface area contributed by atoms with Crippen molar-refractivity contribution in [2.45, 2.75) is 12.3 Å². The number of nitrogens with zero attached hydrogens (tertiary/aromatic N) is 1. The third kappa shape index (κ3) is 4.07. The Bertz CT molecular complexity index is 463. The molecule has 0 spiro atoms. The summed E-state index contributed by atoms with van der Waals surface area (Å²) in [4.78, 5) is 9.64. The van der Waals surface area contributed by atoms with E-state index in [0.717, 1.165) is 6.07 Å². The summed E-state index contributed by atoms with van der Waals surface area (Å²) < 4.78 is 42.0. The highest BCUT2D eigenvalue weighted by molar-refractivity contribution is 5.49. The predicted molar refractivity (Wildman–Crippen MR) is 56.7 cm³/mol. The van der Waals surface area contributed by atoms with Gasteiger partial charge in [-0.05, 0) is 12.1 Å². The van der Waals surface area contributed by atoms with Crippen molar-refractivity contribution >= 4 is 5.69 Å². The van der Waals surface area contributed by atoms with Crippen LogP contribution in [0, 0.1) is 10.1 Å². The number of rotatable bonds is 5. The first-order valence-electron chi connectivity index (χ1n) is 5.03. The van der Waals surface area contributed by atoms with Crippen LogP contribution in [0.15, 0.2) is 18.2 Å². The number of ether oxygens (including phenoxy) is 1. The predicted octanol–water partition coefficient (Wildman–Crippen LogP) is 1.35. The van der Waals surface area contributed by atoms with E-state index in [1.54, 1.807) is 0 Å². The van der Waals surface area contributed by atoms with E-state index in [1.807, 2.05) is 0 Å². The number of aliphatic hydroxyl groups is 2. The van der Waals surface area contributed by atoms with Gasteiger partial charge in [0.2, 0.25) is 0 Å². The normalized spacial score (nSPS) is 13.1. The fourth-order valence-corrected chi connectivity index (χ4v) is 1.20. The number of benzene rings is 1. The maximum Gasteiger partial charge on any atom is 0.416 e. The average molecular weight is 281 g/mol. The van der Waals surface area contributed by atoms with Gasteiger partial charge in [-0.25, -0.2) is 0 Å². The Morgan fingerprint density at radius 3 is 2.53 bits per heavy atom. The first-order chi connectivity index (χ1) is 8.75. The van der Waals surface area contributed by atoms with Crippen molar-refractivity contribution < 1.29 is 33.0 Å². The number of aliphatic hydroxyl groups excluding tert-OH is 2. The molecule has 1 aromatic rings. The molecule has 6 nitrogen and oxygen atoms in total. The van der Waals surface area contributed by atoms with E-state index >= 15 is 0 Å². The van der Waals surface area contributed by atoms with Gasteiger partial charge in [0.25, 0.3) is 0 Å². The summed E-state index contributed by atoms with van der Waals surface area (Å²) in [6.07, 6.45) is -5.98. The molecule has 9 heteroatoms. The van der Waals surface area contributed by atoms with Crippen molar-refractivity contribution in [2.24, 2.45) is 0 Å². The van der Waals surface area contributed by atoms with E-state index in [2.05, 4.69) is 0 Å². The summed E-state index contributed by atoms with van der Waals surface area (Å²) in [6, 6.07) is 1.78. The lowest BCUT2D eigenvalue weighted by molar-refractivity contribution is -0.386. The molecule has 0 saturated carbocycles. The molecule has 0 aromatic heterocycles. The van der Waals surface area contributed by atoms with Crippen LogP contribution in [0.1, 0.15) is 5.56 Å². The molecular weight excluding hydrogens is 271 g/mol. The SMILES string of the molecule is O=[N+]([O-])c1cc(C(F)(F)F)ccc1OCC(O)CO. The van der Waals surface area contributed by atoms with Crippen LogP contribution in [0.2, 0.25) is 0 Å². The van der Waals surface area contributed by atoms with Crippen LogP contribution in [-0.4, -0.2) is 34.5 Å². The highest BCUT2D eigenvalue weighted by Crippen LogP contribution is 2.35. The zero-order valence-electron chi connectivity index (χ0n) is 9.42. The van der Waals surface area contributed by atoms with Gasteiger partial charge >= 0.3 is 11.9 Å². The highest BCUT2D eigenvalue weighted by Gasteiger charge is 2.33. The van der Waals surface area contributed by atoms with Crippen molar-refractivity contribution in [1.82, 2.24) is 0 Å². The summed E-state index contributed by atoms with van der Waals surface area (Å²) in [5.41, 5.74) is -2.03. The smallest absolute Gasteiger partial charge is 0.416 e. The molecule has 1 unspecified atom stereocenters. The quantitative estimate of drug-likeness (QED) is 0.627. The van der Waals surface area contributed by atoms with Crippen LogP contribution < -0.4 is 4.74 Å². The van der Waals surface area contributed by atoms with Gasteiger partial charge in [0, 0.05) is 6.07 Å². The Kier molecular flexibility index (Phi) is 4.67. The number of hydrogen-bond donors (Lipinski definition) is 2. The maximum absolute atomic E-state index is 12.4. The van der Waals surface area contributed by atoms with Crippen molar-refractivity contribution in [3.8, 4) is 5.75 Å². The standard InChI is InChI=1S/C10H10F3NO5/c11-10(12,13)6-1-2-9(8(3-6)14(17)18)19-5-7(16)4-15/h1-3,7,15-16H,4-5H2. The highest BCUT2D eigenvalue weighted by atomic mass is 19.4. The topological polar surface area (TPSA) is 92.8 Å². The largest absolute Gasteiger partial charge is 0.484 e. The lowest BCUT2D eigenvalue weighted by Crippen LogP contribution is -2.21. The van der Waals surface area contributed by atoms with E-state index < -0.39 is 47.4 Å². The summed E-state index contributed by atoms with van der Waals surface area (Å²) in [7, 11) is 0. The van der Waals surface area contributed by atoms with Gasteiger partial charge in [-0.15, -0.1) is 0 Å². The molecule has 1 rings (SSSR count). The van der Waals surface area contributed by atoms with Crippen molar-refractivity contribution in [3.63, 3.8) is 0 Å². The van der Waals surface area contributed by atoms with Gasteiger partial charge in [0.05, 0.1) is 17.1 Å². The van der Waals surface area contributed by atoms with E-state index in [1.165, 1.54) is 0 Å². The zero-order valence-corrected chi connectivity index (χ0v) is 9.42. The van der Waals surface area contributed by atoms with Crippen molar-refractivity contribution in [3.05, 3.63) is 33.9 Å². The van der Waals surface area contributed by atoms with Gasteiger partial charge in [-0.3, -0.25) is 10.1 Å². The third-order valence-corrected chi connectivity index (χ3v) is 2.12. The van der Waals surface area contributed by atoms with Crippen LogP contribution in [0.25, 0.3) is 0 Å². The second kappa shape index (κ2) is 5.85. The molecule has 0 radical (unpaired) electrons. The lowest BCUT2D eigenvalue weighted by Gasteiger charge is -2.11. The first kappa shape index (κ1) is 15.2. The molecule has 0 bridgehead atoms. The first-order valence-corrected chi connectivity index (χ1v) is 5.03. The second-order valence-electron chi connectivity index (χ2n) is 3.58. The van der Waals surface area contributed by atoms with Crippen molar-refractivity contribution in [1.29, 1.82) is 0 Å². The molecule has 0 aliphatic carbocycles. The van der Waals surface area contributed by atoms with Crippen molar-refractivity contribution in [2.75, 3.05) is 13.2 Å². The molecule has 0 amide bonds. The van der Waals surface area contributed by atoms with Gasteiger partial charge in [-0.2, -0.15) is 13.2 Å². The van der Waals surface area contributed by atoms with Crippen LogP contribution >= 0.6 is 0 Å². The summed E-state index contributed by atoms with van der Waals surface area (Å²) in [5.74, 6) is -0.412. The summed E-state index contributed by atoms with van der Waals surface area (Å²) >= 11 is 0. The number of nitro benzene ring substituents is 1. The molecule has 0 aliphatic heterocycles. The van der Waals surface area contributed by atoms with E-state index in [-0.39, 0.29) is 0 Å². The third-order valence-electron chi connectivity index (χ3n) is 2.12. The lowest BCUT2D eigenvalue weighted by atomic mass is 10.2. The number of hydrogen-bond acceptors (Lipinski definition) is 5. The maximum atomic E-state index is 12.4. The van der Waals surface area contributed by atoms with Crippen LogP contribution in [0.5, 0.6) is 5.75 Å². The van der Waals surface area contributed by atoms with E-state index in [4.69, 9.17) is 14.9 Å². The van der Waals surface area contributed by atoms with Gasteiger partial charge in [0.15, 0.2) is 5.75 Å². The van der Waals surface area contributed by atoms with Crippen LogP contribution in [0.4, 0.5) is 18.9 Å². The Morgan fingerprint density at radius 1 is 1.42 bits per heavy atom. The minimum Gasteiger partial charge on any atom is -0.484 e. The fraction of sp³-hybridized carbons (Fsp3) is 0.400. The summed E-state index contributed by atoms with van der Waals surface area (Å²) in [5, 5.41) is 28.2. The monoisotopic (exact) mass is 281 g/mol. The molecule has 0 fully saturated rings. The molecule has 1 atom stereocenters. The van der Waals surface area contributed by atoms with Crippen LogP contribution in [-0.2, 0) is 6.18 Å². The molecule has 0 heterocycles. The average Bonchev–Trinajstić information content (AvgIpc) is 2.34. The minimum atomic E-state index is -4.70. The number of alkyl halides is 3. The van der Waals surface area contributed by atoms with Gasteiger partial charge < -0.3 is 14.9 Å². The molecule has 106 valence electrons. The van der Waals surface area contributed by atoms with Gasteiger partial charge in [-0.1, -0.05) is 0 Å². The molecule has 1 aromatic carbocycles. The number of halogens is 3.